The molecule has 0 aliphatic rings. The zero-order valence-corrected chi connectivity index (χ0v) is 55.3. The predicted molar refractivity (Wildman–Crippen MR) is 379 cm³/mol. The van der Waals surface area contributed by atoms with E-state index >= 15 is 0 Å². The van der Waals surface area contributed by atoms with Gasteiger partial charge in [0.1, 0.15) is 34.5 Å². The first-order valence-corrected chi connectivity index (χ1v) is 32.6. The summed E-state index contributed by atoms with van der Waals surface area (Å²) in [6.45, 7) is 7.90. The third-order valence-corrected chi connectivity index (χ3v) is 17.8. The Morgan fingerprint density at radius 2 is 0.768 bits per heavy atom. The Kier molecular flexibility index (Phi) is 22.9. The average Bonchev–Trinajstić information content (AvgIpc) is 1.65. The molecule has 0 aliphatic heterocycles. The molecular formula is C72H66F3N13O8S3. The van der Waals surface area contributed by atoms with Crippen molar-refractivity contribution in [3.8, 4) is 48.8 Å². The molecule has 99 heavy (non-hydrogen) atoms. The standard InChI is InChI=1S/C25H23FN4O3S.C23H20FN5O2S.C23H19FN4O3S.CH4/c1-3-33-25(32)23-21(27)22(20-5-4-12-34-20)29-30(23)18-10-7-16(8-11-18)14-28-24(31)19-13-17(26)9-6-15(19)2;1-13-4-7-15(24)11-17(13)23(31)27-12-14-5-8-16(9-6-14)29-21(22(26)30)19(25)20(28-29)18-3-2-10-32-18;1-13-4-7-15(24)11-17(13)22(29)26-12-14-5-8-16(9-6-14)28-21(23(30)31)19(25)20(27-28)18-3-2-10-32-18;/h4-13H,3,14,27H2,1-2H3,(H,28,31);2-11H,12,25H2,1H3,(H2,26,30)(H,27,31);2-11H,12,25H2,1H3,(H,26,29)(H,30,31);1H4. The number of carbonyl (C=O) groups excluding carboxylic acids is 5. The maximum Gasteiger partial charge on any atom is 0.359 e. The number of carbonyl (C=O) groups is 6. The molecule has 6 aromatic carbocycles. The number of nitrogens with zero attached hydrogens (tertiary/aromatic N) is 6. The molecule has 6 heterocycles. The third kappa shape index (κ3) is 16.5. The molecule has 21 nitrogen and oxygen atoms in total. The normalized spacial score (nSPS) is 10.7. The zero-order valence-electron chi connectivity index (χ0n) is 52.8. The lowest BCUT2D eigenvalue weighted by Crippen LogP contribution is -2.23. The minimum absolute atomic E-state index is 0. The van der Waals surface area contributed by atoms with Crippen LogP contribution in [-0.2, 0) is 24.4 Å². The van der Waals surface area contributed by atoms with Gasteiger partial charge in [0.15, 0.2) is 17.1 Å². The van der Waals surface area contributed by atoms with Gasteiger partial charge in [0.05, 0.1) is 55.4 Å². The number of aromatic nitrogens is 6. The van der Waals surface area contributed by atoms with Gasteiger partial charge in [-0.3, -0.25) is 19.2 Å². The van der Waals surface area contributed by atoms with Gasteiger partial charge in [-0.05, 0) is 168 Å². The van der Waals surface area contributed by atoms with Crippen LogP contribution in [0.1, 0.15) is 110 Å². The quantitative estimate of drug-likeness (QED) is 0.0349. The van der Waals surface area contributed by atoms with Gasteiger partial charge in [-0.2, -0.15) is 15.3 Å². The smallest absolute Gasteiger partial charge is 0.359 e. The first kappa shape index (κ1) is 71.4. The number of nitrogens with one attached hydrogen (secondary N) is 3. The van der Waals surface area contributed by atoms with E-state index in [9.17, 15) is 47.0 Å². The molecular weight excluding hydrogens is 1330 g/mol. The largest absolute Gasteiger partial charge is 0.476 e. The highest BCUT2D eigenvalue weighted by molar-refractivity contribution is 7.14. The molecule has 0 saturated heterocycles. The fourth-order valence-electron chi connectivity index (χ4n) is 10.1. The zero-order chi connectivity index (χ0) is 69.9. The number of nitrogen functional groups attached to an aromatic ring is 3. The van der Waals surface area contributed by atoms with Crippen molar-refractivity contribution in [2.24, 2.45) is 5.73 Å². The van der Waals surface area contributed by atoms with Crippen molar-refractivity contribution in [3.05, 3.63) is 265 Å². The van der Waals surface area contributed by atoms with E-state index in [1.165, 1.54) is 84.5 Å². The van der Waals surface area contributed by atoms with E-state index in [0.29, 0.717) is 62.0 Å². The number of nitrogens with two attached hydrogens (primary N) is 4. The first-order valence-electron chi connectivity index (χ1n) is 30.0. The van der Waals surface area contributed by atoms with E-state index in [-0.39, 0.29) is 91.1 Å². The minimum Gasteiger partial charge on any atom is -0.476 e. The number of thiophene rings is 3. The Labute approximate surface area is 578 Å². The molecule has 0 bridgehead atoms. The fraction of sp³-hybridized carbons (Fsp3) is 0.125. The molecule has 506 valence electrons. The van der Waals surface area contributed by atoms with E-state index in [1.54, 1.807) is 107 Å². The van der Waals surface area contributed by atoms with Crippen LogP contribution in [0.2, 0.25) is 0 Å². The van der Waals surface area contributed by atoms with Gasteiger partial charge in [-0.15, -0.1) is 34.0 Å². The van der Waals surface area contributed by atoms with Crippen molar-refractivity contribution < 1.29 is 51.8 Å². The van der Waals surface area contributed by atoms with Crippen LogP contribution in [0.4, 0.5) is 30.2 Å². The molecule has 4 amide bonds. The summed E-state index contributed by atoms with van der Waals surface area (Å²) in [6.07, 6.45) is 0. The van der Waals surface area contributed by atoms with Crippen molar-refractivity contribution in [2.45, 2.75) is 54.8 Å². The molecule has 0 saturated carbocycles. The topological polar surface area (TPSA) is 326 Å². The molecule has 12 aromatic rings. The summed E-state index contributed by atoms with van der Waals surface area (Å²) in [5.74, 6) is -4.90. The molecule has 0 radical (unpaired) electrons. The number of hydrogen-bond acceptors (Lipinski definition) is 16. The summed E-state index contributed by atoms with van der Waals surface area (Å²) in [5, 5.41) is 37.2. The number of benzene rings is 6. The van der Waals surface area contributed by atoms with E-state index in [2.05, 4.69) is 31.2 Å². The number of carboxylic acids is 1. The maximum absolute atomic E-state index is 13.5. The number of ether oxygens (including phenoxy) is 1. The van der Waals surface area contributed by atoms with Crippen LogP contribution in [0.3, 0.4) is 0 Å². The Morgan fingerprint density at radius 1 is 0.465 bits per heavy atom. The number of aromatic carboxylic acids is 1. The summed E-state index contributed by atoms with van der Waals surface area (Å²) < 4.78 is 49.8. The van der Waals surface area contributed by atoms with Crippen molar-refractivity contribution in [1.29, 1.82) is 0 Å². The summed E-state index contributed by atoms with van der Waals surface area (Å²) in [6, 6.07) is 44.6. The molecule has 12 rings (SSSR count). The highest BCUT2D eigenvalue weighted by Gasteiger charge is 2.27. The molecule has 0 fully saturated rings. The predicted octanol–water partition coefficient (Wildman–Crippen LogP) is 13.3. The number of carboxylic acid groups (broad SMARTS) is 1. The summed E-state index contributed by atoms with van der Waals surface area (Å²) in [7, 11) is 0. The molecule has 0 atom stereocenters. The third-order valence-electron chi connectivity index (χ3n) is 15.2. The number of primary amides is 1. The lowest BCUT2D eigenvalue weighted by Gasteiger charge is -2.10. The first-order chi connectivity index (χ1) is 47.1. The Morgan fingerprint density at radius 3 is 1.06 bits per heavy atom. The van der Waals surface area contributed by atoms with E-state index in [1.807, 2.05) is 64.7 Å². The van der Waals surface area contributed by atoms with Crippen LogP contribution >= 0.6 is 34.0 Å². The number of hydrogen-bond donors (Lipinski definition) is 8. The van der Waals surface area contributed by atoms with E-state index in [0.717, 1.165) is 31.3 Å². The van der Waals surface area contributed by atoms with Crippen molar-refractivity contribution in [2.75, 3.05) is 23.8 Å². The van der Waals surface area contributed by atoms with E-state index < -0.39 is 35.3 Å². The molecule has 6 aromatic heterocycles. The van der Waals surface area contributed by atoms with Crippen molar-refractivity contribution in [3.63, 3.8) is 0 Å². The van der Waals surface area contributed by atoms with Crippen LogP contribution in [-0.4, -0.2) is 76.6 Å². The number of rotatable bonds is 19. The molecule has 12 N–H and O–H groups in total. The van der Waals surface area contributed by atoms with Crippen LogP contribution in [0.15, 0.2) is 180 Å². The SMILES string of the molecule is C.CCOC(=O)c1c(N)c(-c2cccs2)nn1-c1ccc(CNC(=O)c2cc(F)ccc2C)cc1.Cc1ccc(F)cc1C(=O)NCc1ccc(-n2nc(-c3cccs3)c(N)c2C(=O)O)cc1.Cc1ccc(F)cc1C(=O)NCc1ccc(-n2nc(-c3cccs3)c(N)c2C(N)=O)cc1. The van der Waals surface area contributed by atoms with Crippen LogP contribution in [0, 0.1) is 38.2 Å². The lowest BCUT2D eigenvalue weighted by atomic mass is 10.1. The molecule has 0 unspecified atom stereocenters. The monoisotopic (exact) mass is 1390 g/mol. The number of halogens is 3. The Hall–Kier alpha value is -11.9. The number of amides is 4. The number of esters is 1. The molecule has 0 aliphatic carbocycles. The van der Waals surface area contributed by atoms with Gasteiger partial charge in [0, 0.05) is 36.3 Å². The van der Waals surface area contributed by atoms with E-state index in [4.69, 9.17) is 27.7 Å². The molecule has 0 spiro atoms. The highest BCUT2D eigenvalue weighted by Crippen LogP contribution is 2.36. The summed E-state index contributed by atoms with van der Waals surface area (Å²) >= 11 is 4.35. The average molecular weight is 1390 g/mol. The van der Waals surface area contributed by atoms with Gasteiger partial charge in [0.2, 0.25) is 0 Å². The second kappa shape index (κ2) is 31.7. The minimum atomic E-state index is -1.18. The van der Waals surface area contributed by atoms with Crippen molar-refractivity contribution >= 4 is 86.6 Å². The maximum atomic E-state index is 13.5. The Bertz CT molecular complexity index is 4700. The number of aryl methyl sites for hydroxylation is 3. The van der Waals surface area contributed by atoms with Crippen molar-refractivity contribution in [1.82, 2.24) is 45.3 Å². The van der Waals surface area contributed by atoms with Gasteiger partial charge < -0.3 is 48.7 Å². The van der Waals surface area contributed by atoms with Crippen LogP contribution in [0.25, 0.3) is 48.8 Å². The molecule has 27 heteroatoms. The van der Waals surface area contributed by atoms with Crippen LogP contribution in [0.5, 0.6) is 0 Å². The second-order valence-corrected chi connectivity index (χ2v) is 24.7. The second-order valence-electron chi connectivity index (χ2n) is 21.8. The Balaban J connectivity index is 0.000000173. The lowest BCUT2D eigenvalue weighted by molar-refractivity contribution is 0.0515. The fourth-order valence-corrected chi connectivity index (χ4v) is 12.3. The summed E-state index contributed by atoms with van der Waals surface area (Å²) in [4.78, 5) is 76.2. The number of anilines is 3. The van der Waals surface area contributed by atoms with Crippen LogP contribution < -0.4 is 38.9 Å². The van der Waals surface area contributed by atoms with Gasteiger partial charge >= 0.3 is 11.9 Å². The van der Waals surface area contributed by atoms with Gasteiger partial charge in [-0.25, -0.2) is 36.8 Å². The van der Waals surface area contributed by atoms with Gasteiger partial charge in [0.25, 0.3) is 23.6 Å². The highest BCUT2D eigenvalue weighted by atomic mass is 32.1. The van der Waals surface area contributed by atoms with Gasteiger partial charge in [-0.1, -0.05) is 80.2 Å². The summed E-state index contributed by atoms with van der Waals surface area (Å²) in [5.41, 5.74) is 33.4.